The van der Waals surface area contributed by atoms with Gasteiger partial charge in [0.05, 0.1) is 36.5 Å². The maximum Gasteiger partial charge on any atom is 0.261 e. The van der Waals surface area contributed by atoms with Crippen LogP contribution in [0.5, 0.6) is 0 Å². The van der Waals surface area contributed by atoms with Crippen molar-refractivity contribution < 1.29 is 9.53 Å². The molecule has 35 heavy (non-hydrogen) atoms. The van der Waals surface area contributed by atoms with Gasteiger partial charge in [-0.3, -0.25) is 4.79 Å². The number of nitriles is 1. The number of benzene rings is 1. The average molecular weight is 464 g/mol. The van der Waals surface area contributed by atoms with Gasteiger partial charge in [0.15, 0.2) is 5.69 Å². The second-order valence-corrected chi connectivity index (χ2v) is 8.78. The Morgan fingerprint density at radius 3 is 2.71 bits per heavy atom. The number of fused-ring (bicyclic) bond motifs is 3. The third-order valence-corrected chi connectivity index (χ3v) is 6.42. The van der Waals surface area contributed by atoms with Gasteiger partial charge < -0.3 is 15.4 Å². The molecule has 1 amide bonds. The largest absolute Gasteiger partial charge is 0.383 e. The summed E-state index contributed by atoms with van der Waals surface area (Å²) >= 11 is 0. The lowest BCUT2D eigenvalue weighted by Gasteiger charge is -2.23. The summed E-state index contributed by atoms with van der Waals surface area (Å²) < 4.78 is 5.57. The molecule has 1 saturated carbocycles. The van der Waals surface area contributed by atoms with Crippen LogP contribution in [0.1, 0.15) is 57.3 Å². The second kappa shape index (κ2) is 8.42. The van der Waals surface area contributed by atoms with Gasteiger partial charge in [0.2, 0.25) is 0 Å². The van der Waals surface area contributed by atoms with Gasteiger partial charge in [-0.1, -0.05) is 12.1 Å². The van der Waals surface area contributed by atoms with Crippen molar-refractivity contribution in [3.63, 3.8) is 0 Å². The summed E-state index contributed by atoms with van der Waals surface area (Å²) in [5.41, 5.74) is 10.7. The predicted octanol–water partition coefficient (Wildman–Crippen LogP) is 3.63. The number of nitrogens with zero attached hydrogens (tertiary/aromatic N) is 6. The quantitative estimate of drug-likeness (QED) is 0.475. The highest BCUT2D eigenvalue weighted by Crippen LogP contribution is 2.37. The summed E-state index contributed by atoms with van der Waals surface area (Å²) in [6.45, 7) is 1.17. The summed E-state index contributed by atoms with van der Waals surface area (Å²) in [4.78, 5) is 32.7. The van der Waals surface area contributed by atoms with Crippen LogP contribution in [0, 0.1) is 11.3 Å². The van der Waals surface area contributed by atoms with Gasteiger partial charge in [0.25, 0.3) is 5.91 Å². The van der Waals surface area contributed by atoms with Crippen molar-refractivity contribution in [1.29, 1.82) is 5.26 Å². The molecule has 2 aliphatic rings. The minimum atomic E-state index is -0.313. The molecule has 1 fully saturated rings. The van der Waals surface area contributed by atoms with E-state index in [2.05, 4.69) is 26.0 Å². The zero-order valence-electron chi connectivity index (χ0n) is 18.8. The van der Waals surface area contributed by atoms with E-state index in [9.17, 15) is 10.1 Å². The number of amides is 1. The molecule has 4 heterocycles. The molecular formula is C26H21N7O2. The Hall–Kier alpha value is -4.42. The SMILES string of the molecule is N#Cc1ncccc1N(Cc1ccc2c3c(c(N)nc2c1)COC3)C(=O)c1cnc(C2CC2)nc1. The summed E-state index contributed by atoms with van der Waals surface area (Å²) in [7, 11) is 0. The number of hydrogen-bond acceptors (Lipinski definition) is 8. The van der Waals surface area contributed by atoms with Crippen LogP contribution in [0.25, 0.3) is 10.9 Å². The maximum atomic E-state index is 13.6. The first-order valence-electron chi connectivity index (χ1n) is 11.4. The van der Waals surface area contributed by atoms with Crippen LogP contribution in [0.4, 0.5) is 11.5 Å². The summed E-state index contributed by atoms with van der Waals surface area (Å²) in [6.07, 6.45) is 6.81. The molecule has 2 N–H and O–H groups in total. The molecule has 0 saturated heterocycles. The Morgan fingerprint density at radius 2 is 1.94 bits per heavy atom. The van der Waals surface area contributed by atoms with Gasteiger partial charge in [-0.05, 0) is 42.2 Å². The molecule has 0 unspecified atom stereocenters. The molecule has 9 nitrogen and oxygen atoms in total. The van der Waals surface area contributed by atoms with Crippen molar-refractivity contribution in [2.45, 2.75) is 38.5 Å². The Labute approximate surface area is 201 Å². The molecule has 0 atom stereocenters. The highest BCUT2D eigenvalue weighted by atomic mass is 16.5. The summed E-state index contributed by atoms with van der Waals surface area (Å²) in [5, 5.41) is 10.6. The number of carbonyl (C=O) groups is 1. The zero-order chi connectivity index (χ0) is 23.9. The lowest BCUT2D eigenvalue weighted by atomic mass is 10.0. The van der Waals surface area contributed by atoms with Crippen molar-refractivity contribution in [1.82, 2.24) is 19.9 Å². The van der Waals surface area contributed by atoms with E-state index < -0.39 is 0 Å². The van der Waals surface area contributed by atoms with Gasteiger partial charge in [-0.2, -0.15) is 5.26 Å². The normalized spacial score (nSPS) is 14.5. The number of nitrogens with two attached hydrogens (primary N) is 1. The van der Waals surface area contributed by atoms with Crippen molar-refractivity contribution >= 4 is 28.3 Å². The molecule has 1 aliphatic heterocycles. The third-order valence-electron chi connectivity index (χ3n) is 6.42. The molecule has 0 spiro atoms. The van der Waals surface area contributed by atoms with Crippen molar-refractivity contribution in [2.75, 3.05) is 10.6 Å². The highest BCUT2D eigenvalue weighted by Gasteiger charge is 2.28. The number of rotatable bonds is 5. The molecule has 1 aliphatic carbocycles. The van der Waals surface area contributed by atoms with Crippen LogP contribution < -0.4 is 10.6 Å². The van der Waals surface area contributed by atoms with Crippen molar-refractivity contribution in [3.8, 4) is 6.07 Å². The number of pyridine rings is 2. The Balaban J connectivity index is 1.39. The fraction of sp³-hybridized carbons (Fsp3) is 0.231. The van der Waals surface area contributed by atoms with E-state index in [0.717, 1.165) is 46.3 Å². The lowest BCUT2D eigenvalue weighted by molar-refractivity contribution is 0.0984. The lowest BCUT2D eigenvalue weighted by Crippen LogP contribution is -2.31. The van der Waals surface area contributed by atoms with Crippen molar-refractivity contribution in [2.24, 2.45) is 0 Å². The molecule has 3 aromatic heterocycles. The van der Waals surface area contributed by atoms with Crippen LogP contribution in [0.15, 0.2) is 48.9 Å². The Kier molecular flexibility index (Phi) is 5.08. The van der Waals surface area contributed by atoms with Crippen LogP contribution >= 0.6 is 0 Å². The molecule has 172 valence electrons. The van der Waals surface area contributed by atoms with E-state index in [1.165, 1.54) is 11.1 Å². The monoisotopic (exact) mass is 463 g/mol. The van der Waals surface area contributed by atoms with Crippen LogP contribution in [-0.2, 0) is 24.5 Å². The van der Waals surface area contributed by atoms with Gasteiger partial charge in [0, 0.05) is 35.5 Å². The van der Waals surface area contributed by atoms with E-state index in [0.29, 0.717) is 36.2 Å². The van der Waals surface area contributed by atoms with E-state index in [1.54, 1.807) is 24.5 Å². The summed E-state index contributed by atoms with van der Waals surface area (Å²) in [5.74, 6) is 1.30. The molecule has 0 bridgehead atoms. The van der Waals surface area contributed by atoms with Crippen LogP contribution in [0.2, 0.25) is 0 Å². The Morgan fingerprint density at radius 1 is 1.14 bits per heavy atom. The number of aromatic nitrogens is 4. The molecule has 4 aromatic rings. The molecule has 1 aromatic carbocycles. The van der Waals surface area contributed by atoms with E-state index in [4.69, 9.17) is 10.5 Å². The highest BCUT2D eigenvalue weighted by molar-refractivity contribution is 6.06. The average Bonchev–Trinajstić information content (AvgIpc) is 3.62. The van der Waals surface area contributed by atoms with E-state index in [1.807, 2.05) is 18.2 Å². The van der Waals surface area contributed by atoms with Gasteiger partial charge >= 0.3 is 0 Å². The van der Waals surface area contributed by atoms with Crippen LogP contribution in [0.3, 0.4) is 0 Å². The maximum absolute atomic E-state index is 13.6. The van der Waals surface area contributed by atoms with Crippen LogP contribution in [-0.4, -0.2) is 25.8 Å². The zero-order valence-corrected chi connectivity index (χ0v) is 18.8. The first-order chi connectivity index (χ1) is 17.1. The minimum absolute atomic E-state index is 0.162. The molecule has 6 rings (SSSR count). The number of carbonyl (C=O) groups excluding carboxylic acids is 1. The van der Waals surface area contributed by atoms with E-state index >= 15 is 0 Å². The first-order valence-corrected chi connectivity index (χ1v) is 11.4. The number of nitrogen functional groups attached to an aromatic ring is 1. The smallest absolute Gasteiger partial charge is 0.261 e. The van der Waals surface area contributed by atoms with Gasteiger partial charge in [0.1, 0.15) is 17.7 Å². The predicted molar refractivity (Wildman–Crippen MR) is 128 cm³/mol. The number of anilines is 2. The van der Waals surface area contributed by atoms with Gasteiger partial charge in [-0.25, -0.2) is 19.9 Å². The fourth-order valence-electron chi connectivity index (χ4n) is 4.43. The Bertz CT molecular complexity index is 1510. The van der Waals surface area contributed by atoms with Gasteiger partial charge in [-0.15, -0.1) is 0 Å². The molecule has 9 heteroatoms. The summed E-state index contributed by atoms with van der Waals surface area (Å²) in [6, 6.07) is 11.4. The molecule has 0 radical (unpaired) electrons. The number of hydrogen-bond donors (Lipinski definition) is 1. The standard InChI is InChI=1S/C26H21N7O2/c27-9-22-23(2-1-7-29-22)33(26(34)17-10-30-25(31-11-17)16-4-5-16)12-15-3-6-18-19-13-35-14-20(19)24(28)32-21(18)8-15/h1-3,6-8,10-11,16H,4-5,12-14H2,(H2,28,32). The first kappa shape index (κ1) is 21.1. The minimum Gasteiger partial charge on any atom is -0.383 e. The molecular weight excluding hydrogens is 442 g/mol. The topological polar surface area (TPSA) is 131 Å². The fourth-order valence-corrected chi connectivity index (χ4v) is 4.43. The van der Waals surface area contributed by atoms with Crippen molar-refractivity contribution in [3.05, 3.63) is 82.7 Å². The second-order valence-electron chi connectivity index (χ2n) is 8.78. The van der Waals surface area contributed by atoms with E-state index in [-0.39, 0.29) is 18.1 Å². The third kappa shape index (κ3) is 3.84. The number of ether oxygens (including phenoxy) is 1.